The third kappa shape index (κ3) is 4.97. The van der Waals surface area contributed by atoms with Crippen LogP contribution in [0.2, 0.25) is 0 Å². The Kier molecular flexibility index (Phi) is 6.38. The lowest BCUT2D eigenvalue weighted by molar-refractivity contribution is 0.0209. The van der Waals surface area contributed by atoms with Crippen molar-refractivity contribution in [1.29, 1.82) is 0 Å². The van der Waals surface area contributed by atoms with Crippen LogP contribution < -0.4 is 5.32 Å². The van der Waals surface area contributed by atoms with Crippen molar-refractivity contribution < 1.29 is 4.74 Å². The van der Waals surface area contributed by atoms with Crippen LogP contribution in [0.3, 0.4) is 0 Å². The van der Waals surface area contributed by atoms with Gasteiger partial charge in [0.1, 0.15) is 0 Å². The second-order valence-corrected chi connectivity index (χ2v) is 5.01. The fourth-order valence-electron chi connectivity index (χ4n) is 1.25. The molecule has 0 aromatic rings. The average Bonchev–Trinajstić information content (AvgIpc) is 2.15. The molecule has 1 N–H and O–H groups in total. The molecule has 0 radical (unpaired) electrons. The van der Waals surface area contributed by atoms with Crippen molar-refractivity contribution in [2.24, 2.45) is 11.3 Å². The minimum absolute atomic E-state index is 0.211. The van der Waals surface area contributed by atoms with Crippen molar-refractivity contribution in [3.05, 3.63) is 0 Å². The van der Waals surface area contributed by atoms with Gasteiger partial charge in [0.05, 0.1) is 6.10 Å². The van der Waals surface area contributed by atoms with Gasteiger partial charge in [0.25, 0.3) is 0 Å². The lowest BCUT2D eigenvalue weighted by atomic mass is 9.87. The largest absolute Gasteiger partial charge is 0.381 e. The molecule has 0 aliphatic carbocycles. The molecule has 0 spiro atoms. The van der Waals surface area contributed by atoms with E-state index >= 15 is 0 Å². The fraction of sp³-hybridized carbons (Fsp3) is 1.00. The quantitative estimate of drug-likeness (QED) is 0.684. The van der Waals surface area contributed by atoms with E-state index in [1.165, 1.54) is 6.42 Å². The Morgan fingerprint density at radius 1 is 1.29 bits per heavy atom. The van der Waals surface area contributed by atoms with E-state index in [9.17, 15) is 0 Å². The molecule has 0 aromatic heterocycles. The zero-order valence-electron chi connectivity index (χ0n) is 10.7. The molecule has 0 aliphatic heterocycles. The van der Waals surface area contributed by atoms with Crippen LogP contribution in [0.1, 0.15) is 41.0 Å². The van der Waals surface area contributed by atoms with Gasteiger partial charge in [-0.3, -0.25) is 0 Å². The number of hydrogen-bond acceptors (Lipinski definition) is 2. The molecule has 0 saturated heterocycles. The van der Waals surface area contributed by atoms with E-state index < -0.39 is 0 Å². The first-order valence-electron chi connectivity index (χ1n) is 5.67. The molecule has 2 nitrogen and oxygen atoms in total. The van der Waals surface area contributed by atoms with Gasteiger partial charge in [-0.05, 0) is 19.4 Å². The Balaban J connectivity index is 3.76. The highest BCUT2D eigenvalue weighted by Gasteiger charge is 2.25. The molecule has 2 atom stereocenters. The standard InChI is InChI=1S/C12H27NO/c1-7-10(2)8-13-9-12(4,5)11(3)14-6/h10-11,13H,7-9H2,1-6H3. The smallest absolute Gasteiger partial charge is 0.0606 e. The molecule has 2 unspecified atom stereocenters. The molecule has 0 heterocycles. The normalized spacial score (nSPS) is 16.7. The molecule has 0 saturated carbocycles. The molecular formula is C12H27NO. The number of hydrogen-bond donors (Lipinski definition) is 1. The summed E-state index contributed by atoms with van der Waals surface area (Å²) >= 11 is 0. The maximum absolute atomic E-state index is 5.36. The van der Waals surface area contributed by atoms with Crippen molar-refractivity contribution in [3.8, 4) is 0 Å². The van der Waals surface area contributed by atoms with Crippen LogP contribution in [-0.2, 0) is 4.74 Å². The zero-order valence-corrected chi connectivity index (χ0v) is 10.7. The predicted octanol–water partition coefficient (Wildman–Crippen LogP) is 2.68. The lowest BCUT2D eigenvalue weighted by Gasteiger charge is -2.31. The van der Waals surface area contributed by atoms with Gasteiger partial charge < -0.3 is 10.1 Å². The molecule has 0 rings (SSSR count). The highest BCUT2D eigenvalue weighted by atomic mass is 16.5. The van der Waals surface area contributed by atoms with Gasteiger partial charge in [0, 0.05) is 19.1 Å². The second kappa shape index (κ2) is 6.41. The van der Waals surface area contributed by atoms with Crippen LogP contribution in [0.15, 0.2) is 0 Å². The summed E-state index contributed by atoms with van der Waals surface area (Å²) in [6.45, 7) is 13.2. The third-order valence-corrected chi connectivity index (χ3v) is 3.22. The number of nitrogens with one attached hydrogen (secondary N) is 1. The molecular weight excluding hydrogens is 174 g/mol. The van der Waals surface area contributed by atoms with Gasteiger partial charge in [-0.15, -0.1) is 0 Å². The van der Waals surface area contributed by atoms with Crippen molar-refractivity contribution in [1.82, 2.24) is 5.32 Å². The van der Waals surface area contributed by atoms with E-state index in [0.717, 1.165) is 19.0 Å². The van der Waals surface area contributed by atoms with Gasteiger partial charge in [0.2, 0.25) is 0 Å². The minimum Gasteiger partial charge on any atom is -0.381 e. The summed E-state index contributed by atoms with van der Waals surface area (Å²) in [6, 6.07) is 0. The van der Waals surface area contributed by atoms with Crippen molar-refractivity contribution in [2.45, 2.75) is 47.1 Å². The Morgan fingerprint density at radius 2 is 1.86 bits per heavy atom. The van der Waals surface area contributed by atoms with Gasteiger partial charge in [-0.1, -0.05) is 34.1 Å². The first-order valence-corrected chi connectivity index (χ1v) is 5.67. The Hall–Kier alpha value is -0.0800. The number of ether oxygens (including phenoxy) is 1. The Bertz CT molecular complexity index is 145. The first-order chi connectivity index (χ1) is 6.44. The molecule has 0 aliphatic rings. The lowest BCUT2D eigenvalue weighted by Crippen LogP contribution is -2.39. The van der Waals surface area contributed by atoms with Gasteiger partial charge in [-0.25, -0.2) is 0 Å². The fourth-order valence-corrected chi connectivity index (χ4v) is 1.25. The summed E-state index contributed by atoms with van der Waals surface area (Å²) in [4.78, 5) is 0. The first kappa shape index (κ1) is 13.9. The highest BCUT2D eigenvalue weighted by molar-refractivity contribution is 4.78. The molecule has 86 valence electrons. The zero-order chi connectivity index (χ0) is 11.2. The van der Waals surface area contributed by atoms with E-state index in [0.29, 0.717) is 6.10 Å². The van der Waals surface area contributed by atoms with E-state index in [1.54, 1.807) is 7.11 Å². The van der Waals surface area contributed by atoms with Crippen molar-refractivity contribution >= 4 is 0 Å². The van der Waals surface area contributed by atoms with Crippen LogP contribution in [0.4, 0.5) is 0 Å². The maximum atomic E-state index is 5.36. The Morgan fingerprint density at radius 3 is 2.29 bits per heavy atom. The summed E-state index contributed by atoms with van der Waals surface area (Å²) in [5.41, 5.74) is 0.211. The molecule has 2 heteroatoms. The highest BCUT2D eigenvalue weighted by Crippen LogP contribution is 2.21. The van der Waals surface area contributed by atoms with E-state index in [-0.39, 0.29) is 5.41 Å². The average molecular weight is 201 g/mol. The number of methoxy groups -OCH3 is 1. The predicted molar refractivity (Wildman–Crippen MR) is 62.6 cm³/mol. The molecule has 0 aromatic carbocycles. The molecule has 0 bridgehead atoms. The van der Waals surface area contributed by atoms with Gasteiger partial charge in [-0.2, -0.15) is 0 Å². The maximum Gasteiger partial charge on any atom is 0.0606 e. The monoisotopic (exact) mass is 201 g/mol. The third-order valence-electron chi connectivity index (χ3n) is 3.22. The van der Waals surface area contributed by atoms with E-state index in [2.05, 4.69) is 39.9 Å². The summed E-state index contributed by atoms with van der Waals surface area (Å²) in [5, 5.41) is 3.51. The molecule has 0 amide bonds. The summed E-state index contributed by atoms with van der Waals surface area (Å²) < 4.78 is 5.36. The van der Waals surface area contributed by atoms with Crippen LogP contribution in [0.5, 0.6) is 0 Å². The van der Waals surface area contributed by atoms with Crippen LogP contribution in [0, 0.1) is 11.3 Å². The number of rotatable bonds is 7. The van der Waals surface area contributed by atoms with Crippen molar-refractivity contribution in [3.63, 3.8) is 0 Å². The van der Waals surface area contributed by atoms with Gasteiger partial charge in [0.15, 0.2) is 0 Å². The second-order valence-electron chi connectivity index (χ2n) is 5.01. The van der Waals surface area contributed by atoms with Crippen LogP contribution >= 0.6 is 0 Å². The molecule has 14 heavy (non-hydrogen) atoms. The van der Waals surface area contributed by atoms with Crippen LogP contribution in [0.25, 0.3) is 0 Å². The van der Waals surface area contributed by atoms with Gasteiger partial charge >= 0.3 is 0 Å². The van der Waals surface area contributed by atoms with E-state index in [4.69, 9.17) is 4.74 Å². The molecule has 0 fully saturated rings. The van der Waals surface area contributed by atoms with Crippen molar-refractivity contribution in [2.75, 3.05) is 20.2 Å². The van der Waals surface area contributed by atoms with Crippen LogP contribution in [-0.4, -0.2) is 26.3 Å². The van der Waals surface area contributed by atoms with E-state index in [1.807, 2.05) is 0 Å². The summed E-state index contributed by atoms with van der Waals surface area (Å²) in [6.07, 6.45) is 1.54. The Labute approximate surface area is 89.4 Å². The topological polar surface area (TPSA) is 21.3 Å². The summed E-state index contributed by atoms with van der Waals surface area (Å²) in [7, 11) is 1.78. The SMILES string of the molecule is CCC(C)CNCC(C)(C)C(C)OC. The minimum atomic E-state index is 0.211. The summed E-state index contributed by atoms with van der Waals surface area (Å²) in [5.74, 6) is 0.767.